The van der Waals surface area contributed by atoms with Crippen LogP contribution in [0.4, 0.5) is 0 Å². The highest BCUT2D eigenvalue weighted by Crippen LogP contribution is 2.47. The number of ether oxygens (including phenoxy) is 1. The van der Waals surface area contributed by atoms with Crippen molar-refractivity contribution in [2.45, 2.75) is 6.92 Å². The molecule has 0 aliphatic carbocycles. The van der Waals surface area contributed by atoms with Crippen LogP contribution in [0.2, 0.25) is 0 Å². The summed E-state index contributed by atoms with van der Waals surface area (Å²) in [5.41, 5.74) is 2.02. The third-order valence-electron chi connectivity index (χ3n) is 4.20. The minimum Gasteiger partial charge on any atom is -0.497 e. The van der Waals surface area contributed by atoms with Gasteiger partial charge in [-0.05, 0) is 36.0 Å². The lowest BCUT2D eigenvalue weighted by molar-refractivity contribution is 0.415. The first-order valence-electron chi connectivity index (χ1n) is 8.18. The molecule has 3 aromatic carbocycles. The second-order valence-electron chi connectivity index (χ2n) is 5.87. The summed E-state index contributed by atoms with van der Waals surface area (Å²) < 4.78 is 19.2. The van der Waals surface area contributed by atoms with E-state index < -0.39 is 7.14 Å². The first-order chi connectivity index (χ1) is 12.1. The van der Waals surface area contributed by atoms with E-state index in [-0.39, 0.29) is 0 Å². The average Bonchev–Trinajstić information content (AvgIpc) is 2.69. The zero-order valence-corrected chi connectivity index (χ0v) is 15.3. The number of hydrogen-bond acceptors (Lipinski definition) is 2. The molecule has 0 spiro atoms. The van der Waals surface area contributed by atoms with Gasteiger partial charge in [-0.2, -0.15) is 0 Å². The Labute approximate surface area is 149 Å². The van der Waals surface area contributed by atoms with Crippen LogP contribution in [-0.2, 0) is 4.57 Å². The molecule has 0 unspecified atom stereocenters. The van der Waals surface area contributed by atoms with Crippen LogP contribution in [0.15, 0.2) is 90.7 Å². The van der Waals surface area contributed by atoms with E-state index in [1.807, 2.05) is 97.7 Å². The van der Waals surface area contributed by atoms with Crippen LogP contribution in [0.5, 0.6) is 5.75 Å². The summed E-state index contributed by atoms with van der Waals surface area (Å²) in [7, 11) is -1.21. The lowest BCUT2D eigenvalue weighted by atomic mass is 10.1. The molecule has 0 amide bonds. The molecule has 0 atom stereocenters. The first kappa shape index (κ1) is 17.3. The molecule has 0 saturated heterocycles. The van der Waals surface area contributed by atoms with Gasteiger partial charge in [-0.15, -0.1) is 0 Å². The fourth-order valence-electron chi connectivity index (χ4n) is 2.80. The van der Waals surface area contributed by atoms with Crippen molar-refractivity contribution in [2.75, 3.05) is 7.11 Å². The Hall–Kier alpha value is -2.57. The van der Waals surface area contributed by atoms with E-state index in [0.717, 1.165) is 27.5 Å². The summed E-state index contributed by atoms with van der Waals surface area (Å²) in [6, 6.07) is 27.2. The largest absolute Gasteiger partial charge is 0.497 e. The Morgan fingerprint density at radius 2 is 1.28 bits per heavy atom. The third kappa shape index (κ3) is 3.75. The number of hydrogen-bond donors (Lipinski definition) is 0. The van der Waals surface area contributed by atoms with Crippen molar-refractivity contribution >= 4 is 23.3 Å². The van der Waals surface area contributed by atoms with Gasteiger partial charge in [-0.1, -0.05) is 72.8 Å². The molecule has 0 aliphatic heterocycles. The quantitative estimate of drug-likeness (QED) is 0.602. The predicted octanol–water partition coefficient (Wildman–Crippen LogP) is 5.07. The fraction of sp³-hybridized carbons (Fsp3) is 0.0909. The summed E-state index contributed by atoms with van der Waals surface area (Å²) in [6.07, 6.45) is 0. The molecule has 3 rings (SSSR count). The minimum absolute atomic E-state index is 0.811. The van der Waals surface area contributed by atoms with Gasteiger partial charge in [0.15, 0.2) is 7.14 Å². The van der Waals surface area contributed by atoms with Gasteiger partial charge in [-0.3, -0.25) is 0 Å². The van der Waals surface area contributed by atoms with Crippen molar-refractivity contribution in [3.05, 3.63) is 96.3 Å². The molecule has 25 heavy (non-hydrogen) atoms. The molecule has 0 heterocycles. The van der Waals surface area contributed by atoms with E-state index in [9.17, 15) is 4.57 Å². The molecule has 0 radical (unpaired) electrons. The Morgan fingerprint density at radius 3 is 1.72 bits per heavy atom. The van der Waals surface area contributed by atoms with Gasteiger partial charge in [0.2, 0.25) is 0 Å². The molecule has 0 N–H and O–H groups in total. The monoisotopic (exact) mass is 348 g/mol. The van der Waals surface area contributed by atoms with Gasteiger partial charge >= 0.3 is 0 Å². The van der Waals surface area contributed by atoms with Crippen molar-refractivity contribution < 1.29 is 9.30 Å². The smallest absolute Gasteiger partial charge is 0.164 e. The van der Waals surface area contributed by atoms with Crippen molar-refractivity contribution in [3.8, 4) is 5.75 Å². The van der Waals surface area contributed by atoms with Crippen LogP contribution in [-0.4, -0.2) is 7.11 Å². The summed E-state index contributed by atoms with van der Waals surface area (Å²) in [4.78, 5) is 0. The van der Waals surface area contributed by atoms with Crippen LogP contribution >= 0.6 is 7.14 Å². The van der Waals surface area contributed by atoms with Crippen LogP contribution in [0.3, 0.4) is 0 Å². The topological polar surface area (TPSA) is 26.3 Å². The molecule has 0 fully saturated rings. The van der Waals surface area contributed by atoms with E-state index in [1.165, 1.54) is 0 Å². The maximum absolute atomic E-state index is 14.0. The summed E-state index contributed by atoms with van der Waals surface area (Å²) in [5.74, 6) is 2.73. The SMILES string of the molecule is COc1ccc(/C(C)=C/P(=O)(c2ccccc2)c2ccccc2)cc1. The maximum atomic E-state index is 14.0. The Bertz CT molecular complexity index is 854. The van der Waals surface area contributed by atoms with Crippen LogP contribution in [0, 0.1) is 0 Å². The molecule has 3 heteroatoms. The zero-order valence-electron chi connectivity index (χ0n) is 14.4. The highest BCUT2D eigenvalue weighted by Gasteiger charge is 2.24. The molecule has 0 aliphatic rings. The highest BCUT2D eigenvalue weighted by atomic mass is 31.2. The summed E-state index contributed by atoms with van der Waals surface area (Å²) >= 11 is 0. The maximum Gasteiger partial charge on any atom is 0.164 e. The molecular formula is C22H21O2P. The number of methoxy groups -OCH3 is 1. The summed E-state index contributed by atoms with van der Waals surface area (Å²) in [6.45, 7) is 2.00. The first-order valence-corrected chi connectivity index (χ1v) is 9.96. The van der Waals surface area contributed by atoms with Gasteiger partial charge in [0.1, 0.15) is 5.75 Å². The minimum atomic E-state index is -2.86. The molecule has 126 valence electrons. The van der Waals surface area contributed by atoms with Gasteiger partial charge in [0, 0.05) is 10.6 Å². The average molecular weight is 348 g/mol. The second-order valence-corrected chi connectivity index (χ2v) is 8.48. The number of benzene rings is 3. The zero-order chi connectivity index (χ0) is 17.7. The standard InChI is InChI=1S/C22H21O2P/c1-18(19-13-15-20(24-2)16-14-19)17-25(23,21-9-5-3-6-10-21)22-11-7-4-8-12-22/h3-17H,1-2H3/b18-17+. The predicted molar refractivity (Wildman–Crippen MR) is 106 cm³/mol. The van der Waals surface area contributed by atoms with E-state index in [1.54, 1.807) is 7.11 Å². The molecular weight excluding hydrogens is 327 g/mol. The lowest BCUT2D eigenvalue weighted by Crippen LogP contribution is -2.14. The van der Waals surface area contributed by atoms with E-state index in [0.29, 0.717) is 0 Å². The Kier molecular flexibility index (Phi) is 5.21. The van der Waals surface area contributed by atoms with E-state index in [2.05, 4.69) is 0 Å². The molecule has 3 aromatic rings. The molecule has 0 bridgehead atoms. The third-order valence-corrected chi connectivity index (χ3v) is 7.08. The molecule has 0 saturated carbocycles. The lowest BCUT2D eigenvalue weighted by Gasteiger charge is -2.17. The van der Waals surface area contributed by atoms with Crippen molar-refractivity contribution in [2.24, 2.45) is 0 Å². The molecule has 2 nitrogen and oxygen atoms in total. The van der Waals surface area contributed by atoms with Crippen LogP contribution in [0.25, 0.3) is 5.57 Å². The van der Waals surface area contributed by atoms with Crippen molar-refractivity contribution in [1.29, 1.82) is 0 Å². The second kappa shape index (κ2) is 7.55. The van der Waals surface area contributed by atoms with Gasteiger partial charge < -0.3 is 9.30 Å². The number of allylic oxidation sites excluding steroid dienone is 1. The fourth-order valence-corrected chi connectivity index (χ4v) is 5.32. The Balaban J connectivity index is 2.10. The van der Waals surface area contributed by atoms with Gasteiger partial charge in [0.25, 0.3) is 0 Å². The number of rotatable bonds is 5. The van der Waals surface area contributed by atoms with E-state index >= 15 is 0 Å². The Morgan fingerprint density at radius 1 is 0.800 bits per heavy atom. The van der Waals surface area contributed by atoms with Crippen LogP contribution < -0.4 is 15.3 Å². The van der Waals surface area contributed by atoms with Crippen molar-refractivity contribution in [3.63, 3.8) is 0 Å². The normalized spacial score (nSPS) is 12.0. The van der Waals surface area contributed by atoms with Gasteiger partial charge in [-0.25, -0.2) is 0 Å². The van der Waals surface area contributed by atoms with Gasteiger partial charge in [0.05, 0.1) is 7.11 Å². The summed E-state index contributed by atoms with van der Waals surface area (Å²) in [5, 5.41) is 1.68. The van der Waals surface area contributed by atoms with E-state index in [4.69, 9.17) is 4.74 Å². The van der Waals surface area contributed by atoms with Crippen molar-refractivity contribution in [1.82, 2.24) is 0 Å². The molecule has 0 aromatic heterocycles. The van der Waals surface area contributed by atoms with Crippen LogP contribution in [0.1, 0.15) is 12.5 Å². The highest BCUT2D eigenvalue weighted by molar-refractivity contribution is 7.81.